The molecule has 1 aliphatic rings. The first kappa shape index (κ1) is 25.0. The summed E-state index contributed by atoms with van der Waals surface area (Å²) in [6.07, 6.45) is 0.644. The minimum atomic E-state index is -4.00. The van der Waals surface area contributed by atoms with Crippen molar-refractivity contribution in [2.75, 3.05) is 26.2 Å². The molecule has 0 saturated carbocycles. The summed E-state index contributed by atoms with van der Waals surface area (Å²) in [6, 6.07) is -0.461. The number of hydrogen-bond acceptors (Lipinski definition) is 9. The van der Waals surface area contributed by atoms with Gasteiger partial charge >= 0.3 is 6.09 Å². The van der Waals surface area contributed by atoms with E-state index in [-0.39, 0.29) is 24.2 Å². The van der Waals surface area contributed by atoms with Gasteiger partial charge in [-0.3, -0.25) is 13.8 Å². The van der Waals surface area contributed by atoms with Crippen LogP contribution in [-0.4, -0.2) is 90.9 Å². The van der Waals surface area contributed by atoms with E-state index in [1.807, 2.05) is 0 Å². The lowest BCUT2D eigenvalue weighted by atomic mass is 10.00. The molecule has 0 aliphatic carbocycles. The molecule has 1 aromatic rings. The maximum absolute atomic E-state index is 13.1. The van der Waals surface area contributed by atoms with Crippen molar-refractivity contribution in [3.8, 4) is 0 Å². The SMILES string of the molecule is CC1Cc2nn(S(C)(=O)=O)c(C(=O)N(C)OC(C)(C)COS(C)(=O)=O)c2CN1C(=O)O. The zero-order chi connectivity index (χ0) is 23.9. The van der Waals surface area contributed by atoms with Crippen molar-refractivity contribution in [2.24, 2.45) is 0 Å². The molecule has 31 heavy (non-hydrogen) atoms. The average Bonchev–Trinajstić information content (AvgIpc) is 2.96. The second-order valence-corrected chi connectivity index (χ2v) is 11.4. The van der Waals surface area contributed by atoms with Crippen LogP contribution in [0.5, 0.6) is 0 Å². The number of amides is 2. The maximum Gasteiger partial charge on any atom is 0.407 e. The molecule has 1 aromatic heterocycles. The number of rotatable bonds is 7. The Kier molecular flexibility index (Phi) is 6.76. The Labute approximate surface area is 180 Å². The first-order valence-corrected chi connectivity index (χ1v) is 12.7. The van der Waals surface area contributed by atoms with Gasteiger partial charge in [0.1, 0.15) is 5.60 Å². The van der Waals surface area contributed by atoms with Crippen LogP contribution in [0.1, 0.15) is 42.5 Å². The lowest BCUT2D eigenvalue weighted by Gasteiger charge is -2.31. The van der Waals surface area contributed by atoms with Crippen molar-refractivity contribution < 1.29 is 40.6 Å². The van der Waals surface area contributed by atoms with E-state index < -0.39 is 50.4 Å². The molecule has 0 radical (unpaired) electrons. The summed E-state index contributed by atoms with van der Waals surface area (Å²) in [5, 5.41) is 14.2. The molecule has 2 heterocycles. The third-order valence-electron chi connectivity index (χ3n) is 4.44. The molecule has 0 aromatic carbocycles. The van der Waals surface area contributed by atoms with Crippen LogP contribution in [0.15, 0.2) is 0 Å². The molecule has 0 fully saturated rings. The van der Waals surface area contributed by atoms with E-state index in [9.17, 15) is 31.5 Å². The van der Waals surface area contributed by atoms with Crippen LogP contribution in [0.4, 0.5) is 4.79 Å². The molecule has 15 heteroatoms. The van der Waals surface area contributed by atoms with E-state index in [0.29, 0.717) is 9.78 Å². The van der Waals surface area contributed by atoms with E-state index in [4.69, 9.17) is 9.02 Å². The molecule has 2 amide bonds. The molecule has 1 atom stereocenters. The second-order valence-electron chi connectivity index (χ2n) is 7.96. The van der Waals surface area contributed by atoms with Crippen molar-refractivity contribution in [3.63, 3.8) is 0 Å². The first-order chi connectivity index (χ1) is 13.9. The molecule has 176 valence electrons. The number of carboxylic acid groups (broad SMARTS) is 1. The van der Waals surface area contributed by atoms with Gasteiger partial charge in [0.15, 0.2) is 5.69 Å². The lowest BCUT2D eigenvalue weighted by molar-refractivity contribution is -0.199. The zero-order valence-electron chi connectivity index (χ0n) is 18.0. The number of hydrogen-bond donors (Lipinski definition) is 1. The third-order valence-corrected chi connectivity index (χ3v) is 5.88. The molecule has 13 nitrogen and oxygen atoms in total. The minimum Gasteiger partial charge on any atom is -0.465 e. The summed E-state index contributed by atoms with van der Waals surface area (Å²) >= 11 is 0. The van der Waals surface area contributed by atoms with Gasteiger partial charge in [0.25, 0.3) is 26.0 Å². The van der Waals surface area contributed by atoms with Gasteiger partial charge in [-0.15, -0.1) is 0 Å². The number of fused-ring (bicyclic) bond motifs is 1. The summed E-state index contributed by atoms with van der Waals surface area (Å²) in [5.41, 5.74) is -1.16. The Morgan fingerprint density at radius 2 is 1.84 bits per heavy atom. The van der Waals surface area contributed by atoms with E-state index in [0.717, 1.165) is 22.5 Å². The maximum atomic E-state index is 13.1. The van der Waals surface area contributed by atoms with Crippen LogP contribution in [0.2, 0.25) is 0 Å². The summed E-state index contributed by atoms with van der Waals surface area (Å²) < 4.78 is 52.3. The monoisotopic (exact) mass is 482 g/mol. The fourth-order valence-electron chi connectivity index (χ4n) is 3.06. The van der Waals surface area contributed by atoms with Crippen LogP contribution in [-0.2, 0) is 42.1 Å². The summed E-state index contributed by atoms with van der Waals surface area (Å²) in [4.78, 5) is 31.2. The minimum absolute atomic E-state index is 0.128. The zero-order valence-corrected chi connectivity index (χ0v) is 19.7. The second kappa shape index (κ2) is 8.37. The van der Waals surface area contributed by atoms with Gasteiger partial charge in [-0.1, -0.05) is 0 Å². The topological polar surface area (TPSA) is 165 Å². The van der Waals surface area contributed by atoms with E-state index in [1.165, 1.54) is 20.9 Å². The van der Waals surface area contributed by atoms with Gasteiger partial charge < -0.3 is 10.0 Å². The molecule has 1 aliphatic heterocycles. The van der Waals surface area contributed by atoms with E-state index >= 15 is 0 Å². The van der Waals surface area contributed by atoms with Crippen molar-refractivity contribution >= 4 is 32.1 Å². The smallest absolute Gasteiger partial charge is 0.407 e. The van der Waals surface area contributed by atoms with Crippen molar-refractivity contribution in [1.29, 1.82) is 0 Å². The van der Waals surface area contributed by atoms with Gasteiger partial charge in [0.05, 0.1) is 31.4 Å². The fraction of sp³-hybridized carbons (Fsp3) is 0.688. The summed E-state index contributed by atoms with van der Waals surface area (Å²) in [6.45, 7) is 3.96. The molecule has 1 N–H and O–H groups in total. The Morgan fingerprint density at radius 3 is 2.32 bits per heavy atom. The average molecular weight is 483 g/mol. The molecule has 0 spiro atoms. The Morgan fingerprint density at radius 1 is 1.26 bits per heavy atom. The predicted octanol–water partition coefficient (Wildman–Crippen LogP) is -0.126. The standard InChI is InChI=1S/C16H26N4O9S2/c1-10-7-12-11(8-19(10)15(22)23)13(20(17-12)30(5,24)25)14(21)18(4)29-16(2,3)9-28-31(6,26)27/h10H,7-9H2,1-6H3,(H,22,23). The van der Waals surface area contributed by atoms with E-state index in [1.54, 1.807) is 6.92 Å². The number of carbonyl (C=O) groups excluding carboxylic acids is 1. The van der Waals surface area contributed by atoms with Gasteiger partial charge in [0, 0.05) is 25.1 Å². The number of hydroxylamine groups is 2. The van der Waals surface area contributed by atoms with Crippen LogP contribution >= 0.6 is 0 Å². The lowest BCUT2D eigenvalue weighted by Crippen LogP contribution is -2.43. The molecular weight excluding hydrogens is 456 g/mol. The van der Waals surface area contributed by atoms with Crippen LogP contribution in [0.25, 0.3) is 0 Å². The number of carbonyl (C=O) groups is 2. The highest BCUT2D eigenvalue weighted by molar-refractivity contribution is 7.89. The summed E-state index contributed by atoms with van der Waals surface area (Å²) in [5.74, 6) is -0.897. The van der Waals surface area contributed by atoms with E-state index in [2.05, 4.69) is 5.10 Å². The van der Waals surface area contributed by atoms with Crippen LogP contribution in [0, 0.1) is 0 Å². The molecule has 2 rings (SSSR count). The largest absolute Gasteiger partial charge is 0.465 e. The van der Waals surface area contributed by atoms with Gasteiger partial charge in [-0.25, -0.2) is 18.3 Å². The molecule has 0 saturated heterocycles. The van der Waals surface area contributed by atoms with Crippen molar-refractivity contribution in [1.82, 2.24) is 19.1 Å². The summed E-state index contributed by atoms with van der Waals surface area (Å²) in [7, 11) is -6.54. The normalized spacial score (nSPS) is 17.4. The van der Waals surface area contributed by atoms with Gasteiger partial charge in [0.2, 0.25) is 0 Å². The van der Waals surface area contributed by atoms with Crippen LogP contribution in [0.3, 0.4) is 0 Å². The third kappa shape index (κ3) is 5.93. The van der Waals surface area contributed by atoms with Gasteiger partial charge in [-0.2, -0.15) is 17.6 Å². The number of aromatic nitrogens is 2. The molecule has 1 unspecified atom stereocenters. The highest BCUT2D eigenvalue weighted by Gasteiger charge is 2.38. The molecular formula is C16H26N4O9S2. The Bertz CT molecular complexity index is 1090. The number of nitrogens with zero attached hydrogens (tertiary/aromatic N) is 4. The predicted molar refractivity (Wildman–Crippen MR) is 107 cm³/mol. The van der Waals surface area contributed by atoms with Gasteiger partial charge in [-0.05, 0) is 20.8 Å². The van der Waals surface area contributed by atoms with Crippen molar-refractivity contribution in [2.45, 2.75) is 45.4 Å². The van der Waals surface area contributed by atoms with Crippen LogP contribution < -0.4 is 0 Å². The first-order valence-electron chi connectivity index (χ1n) is 9.05. The fourth-order valence-corrected chi connectivity index (χ4v) is 4.33. The van der Waals surface area contributed by atoms with Crippen molar-refractivity contribution in [3.05, 3.63) is 17.0 Å². The molecule has 0 bridgehead atoms. The Balaban J connectivity index is 2.42. The highest BCUT2D eigenvalue weighted by Crippen LogP contribution is 2.28. The highest BCUT2D eigenvalue weighted by atomic mass is 32.2. The quantitative estimate of drug-likeness (QED) is 0.409. The Hall–Kier alpha value is -2.23.